The Balaban J connectivity index is 1.88. The standard InChI is InChI=1S/C13H11BrN2OS/c14-13-7-10(9-18-13)8-16-11-1-3-12(4-2-11)17-6-5-15/h1-4,7,9,16H,6,8H2. The topological polar surface area (TPSA) is 45.0 Å². The van der Waals surface area contributed by atoms with E-state index in [0.29, 0.717) is 5.75 Å². The fourth-order valence-electron chi connectivity index (χ4n) is 1.43. The van der Waals surface area contributed by atoms with Gasteiger partial charge in [0.05, 0.1) is 3.79 Å². The van der Waals surface area contributed by atoms with E-state index in [0.717, 1.165) is 16.0 Å². The summed E-state index contributed by atoms with van der Waals surface area (Å²) in [5.41, 5.74) is 2.28. The average molecular weight is 323 g/mol. The molecule has 1 N–H and O–H groups in total. The molecule has 0 fully saturated rings. The minimum atomic E-state index is 0.0791. The van der Waals surface area contributed by atoms with Crippen molar-refractivity contribution in [2.75, 3.05) is 11.9 Å². The number of ether oxygens (including phenoxy) is 1. The highest BCUT2D eigenvalue weighted by molar-refractivity contribution is 9.11. The molecule has 0 amide bonds. The Bertz CT molecular complexity index is 545. The molecule has 5 heteroatoms. The molecule has 0 unspecified atom stereocenters. The van der Waals surface area contributed by atoms with Gasteiger partial charge in [-0.25, -0.2) is 0 Å². The molecule has 2 aromatic rings. The van der Waals surface area contributed by atoms with Crippen molar-refractivity contribution in [1.82, 2.24) is 0 Å². The van der Waals surface area contributed by atoms with Crippen LogP contribution in [0.3, 0.4) is 0 Å². The first-order chi connectivity index (χ1) is 8.78. The van der Waals surface area contributed by atoms with E-state index in [1.165, 1.54) is 5.56 Å². The van der Waals surface area contributed by atoms with Gasteiger partial charge in [0.15, 0.2) is 6.61 Å². The summed E-state index contributed by atoms with van der Waals surface area (Å²) in [5.74, 6) is 0.709. The lowest BCUT2D eigenvalue weighted by atomic mass is 10.3. The zero-order valence-corrected chi connectivity index (χ0v) is 11.9. The molecule has 0 aliphatic heterocycles. The maximum Gasteiger partial charge on any atom is 0.174 e. The van der Waals surface area contributed by atoms with E-state index < -0.39 is 0 Å². The number of benzene rings is 1. The second-order valence-corrected chi connectivity index (χ2v) is 5.87. The molecule has 1 aromatic carbocycles. The predicted octanol–water partition coefficient (Wildman–Crippen LogP) is 4.03. The van der Waals surface area contributed by atoms with Gasteiger partial charge in [0, 0.05) is 12.2 Å². The van der Waals surface area contributed by atoms with E-state index in [1.54, 1.807) is 11.3 Å². The summed E-state index contributed by atoms with van der Waals surface area (Å²) in [5, 5.41) is 13.8. The van der Waals surface area contributed by atoms with Crippen LogP contribution in [0.4, 0.5) is 5.69 Å². The van der Waals surface area contributed by atoms with Crippen molar-refractivity contribution >= 4 is 33.0 Å². The normalized spacial score (nSPS) is 9.78. The van der Waals surface area contributed by atoms with E-state index >= 15 is 0 Å². The molecule has 1 heterocycles. The highest BCUT2D eigenvalue weighted by Crippen LogP contribution is 2.22. The number of thiophene rings is 1. The fourth-order valence-corrected chi connectivity index (χ4v) is 2.64. The van der Waals surface area contributed by atoms with Gasteiger partial charge in [0.1, 0.15) is 11.8 Å². The number of hydrogen-bond donors (Lipinski definition) is 1. The summed E-state index contributed by atoms with van der Waals surface area (Å²) in [4.78, 5) is 0. The number of nitriles is 1. The van der Waals surface area contributed by atoms with E-state index in [2.05, 4.69) is 32.7 Å². The average Bonchev–Trinajstić information content (AvgIpc) is 2.81. The molecule has 0 bridgehead atoms. The van der Waals surface area contributed by atoms with Crippen LogP contribution in [0, 0.1) is 11.3 Å². The lowest BCUT2D eigenvalue weighted by Gasteiger charge is -2.06. The summed E-state index contributed by atoms with van der Waals surface area (Å²) >= 11 is 5.12. The summed E-state index contributed by atoms with van der Waals surface area (Å²) in [6.07, 6.45) is 0. The first-order valence-electron chi connectivity index (χ1n) is 5.34. The zero-order chi connectivity index (χ0) is 12.8. The third kappa shape index (κ3) is 3.76. The Hall–Kier alpha value is -1.51. The van der Waals surface area contributed by atoms with E-state index in [9.17, 15) is 0 Å². The molecule has 0 saturated carbocycles. The van der Waals surface area contributed by atoms with Crippen LogP contribution in [0.2, 0.25) is 0 Å². The van der Waals surface area contributed by atoms with Crippen LogP contribution in [0.5, 0.6) is 5.75 Å². The first kappa shape index (κ1) is 12.9. The number of nitrogens with zero attached hydrogens (tertiary/aromatic N) is 1. The van der Waals surface area contributed by atoms with Crippen LogP contribution >= 0.6 is 27.3 Å². The van der Waals surface area contributed by atoms with Gasteiger partial charge in [0.25, 0.3) is 0 Å². The molecule has 18 heavy (non-hydrogen) atoms. The Morgan fingerprint density at radius 1 is 1.33 bits per heavy atom. The molecule has 0 atom stereocenters. The monoisotopic (exact) mass is 322 g/mol. The third-order valence-electron chi connectivity index (χ3n) is 2.28. The number of nitrogens with one attached hydrogen (secondary N) is 1. The molecule has 3 nitrogen and oxygen atoms in total. The minimum Gasteiger partial charge on any atom is -0.479 e. The van der Waals surface area contributed by atoms with Crippen molar-refractivity contribution in [2.24, 2.45) is 0 Å². The van der Waals surface area contributed by atoms with Gasteiger partial charge in [-0.05, 0) is 57.2 Å². The van der Waals surface area contributed by atoms with Crippen molar-refractivity contribution in [3.8, 4) is 11.8 Å². The van der Waals surface area contributed by atoms with Crippen LogP contribution in [-0.4, -0.2) is 6.61 Å². The van der Waals surface area contributed by atoms with E-state index in [-0.39, 0.29) is 6.61 Å². The highest BCUT2D eigenvalue weighted by atomic mass is 79.9. The maximum absolute atomic E-state index is 8.40. The molecule has 0 radical (unpaired) electrons. The van der Waals surface area contributed by atoms with Crippen molar-refractivity contribution in [3.63, 3.8) is 0 Å². The summed E-state index contributed by atoms with van der Waals surface area (Å²) in [6.45, 7) is 0.871. The van der Waals surface area contributed by atoms with Gasteiger partial charge in [-0.15, -0.1) is 11.3 Å². The van der Waals surface area contributed by atoms with Crippen molar-refractivity contribution in [1.29, 1.82) is 5.26 Å². The van der Waals surface area contributed by atoms with Gasteiger partial charge in [-0.2, -0.15) is 5.26 Å². The van der Waals surface area contributed by atoms with Gasteiger partial charge < -0.3 is 10.1 Å². The van der Waals surface area contributed by atoms with Gasteiger partial charge in [-0.3, -0.25) is 0 Å². The van der Waals surface area contributed by atoms with E-state index in [4.69, 9.17) is 10.00 Å². The SMILES string of the molecule is N#CCOc1ccc(NCc2csc(Br)c2)cc1. The second kappa shape index (κ2) is 6.43. The summed E-state index contributed by atoms with van der Waals surface area (Å²) < 4.78 is 6.32. The Morgan fingerprint density at radius 2 is 2.11 bits per heavy atom. The van der Waals surface area contributed by atoms with Gasteiger partial charge in [0.2, 0.25) is 0 Å². The third-order valence-corrected chi connectivity index (χ3v) is 3.83. The zero-order valence-electron chi connectivity index (χ0n) is 9.52. The predicted molar refractivity (Wildman–Crippen MR) is 76.9 cm³/mol. The quantitative estimate of drug-likeness (QED) is 0.904. The summed E-state index contributed by atoms with van der Waals surface area (Å²) in [7, 11) is 0. The van der Waals surface area contributed by atoms with Crippen LogP contribution < -0.4 is 10.1 Å². The van der Waals surface area contributed by atoms with E-state index in [1.807, 2.05) is 30.3 Å². The van der Waals surface area contributed by atoms with Crippen LogP contribution in [0.1, 0.15) is 5.56 Å². The van der Waals surface area contributed by atoms with Crippen LogP contribution in [-0.2, 0) is 6.54 Å². The molecule has 2 rings (SSSR count). The number of rotatable bonds is 5. The Morgan fingerprint density at radius 3 is 2.72 bits per heavy atom. The molecule has 0 aliphatic rings. The smallest absolute Gasteiger partial charge is 0.174 e. The Kier molecular flexibility index (Phi) is 4.62. The molecule has 1 aromatic heterocycles. The molecule has 0 saturated heterocycles. The molecule has 0 aliphatic carbocycles. The lowest BCUT2D eigenvalue weighted by molar-refractivity contribution is 0.368. The number of hydrogen-bond acceptors (Lipinski definition) is 4. The molecular weight excluding hydrogens is 312 g/mol. The molecular formula is C13H11BrN2OS. The molecule has 92 valence electrons. The Labute approximate surface area is 118 Å². The van der Waals surface area contributed by atoms with Gasteiger partial charge in [-0.1, -0.05) is 0 Å². The number of anilines is 1. The fraction of sp³-hybridized carbons (Fsp3) is 0.154. The maximum atomic E-state index is 8.40. The van der Waals surface area contributed by atoms with Crippen molar-refractivity contribution in [2.45, 2.75) is 6.54 Å². The molecule has 0 spiro atoms. The number of halogens is 1. The van der Waals surface area contributed by atoms with Gasteiger partial charge >= 0.3 is 0 Å². The van der Waals surface area contributed by atoms with Crippen LogP contribution in [0.25, 0.3) is 0 Å². The lowest BCUT2D eigenvalue weighted by Crippen LogP contribution is -1.98. The highest BCUT2D eigenvalue weighted by Gasteiger charge is 1.98. The van der Waals surface area contributed by atoms with Crippen LogP contribution in [0.15, 0.2) is 39.5 Å². The second-order valence-electron chi connectivity index (χ2n) is 3.58. The largest absolute Gasteiger partial charge is 0.479 e. The van der Waals surface area contributed by atoms with Crippen molar-refractivity contribution in [3.05, 3.63) is 45.1 Å². The first-order valence-corrected chi connectivity index (χ1v) is 7.02. The van der Waals surface area contributed by atoms with Crippen molar-refractivity contribution < 1.29 is 4.74 Å². The minimum absolute atomic E-state index is 0.0791. The summed E-state index contributed by atoms with van der Waals surface area (Å²) in [6, 6.07) is 11.6.